The summed E-state index contributed by atoms with van der Waals surface area (Å²) >= 11 is 0. The first kappa shape index (κ1) is 15.5. The zero-order valence-electron chi connectivity index (χ0n) is 13.5. The van der Waals surface area contributed by atoms with Gasteiger partial charge in [0.05, 0.1) is 13.3 Å². The van der Waals surface area contributed by atoms with Crippen molar-refractivity contribution < 1.29 is 9.53 Å². The Labute approximate surface area is 135 Å². The Morgan fingerprint density at radius 3 is 2.65 bits per heavy atom. The molecule has 1 unspecified atom stereocenters. The number of carbonyl (C=O) groups excluding carboxylic acids is 1. The molecule has 1 saturated carbocycles. The van der Waals surface area contributed by atoms with Crippen molar-refractivity contribution in [1.82, 2.24) is 20.3 Å². The van der Waals surface area contributed by atoms with Crippen molar-refractivity contribution in [3.05, 3.63) is 30.5 Å². The Balaban J connectivity index is 1.68. The number of methoxy groups -OCH3 is 1. The van der Waals surface area contributed by atoms with Gasteiger partial charge in [0.25, 0.3) is 0 Å². The van der Waals surface area contributed by atoms with Crippen molar-refractivity contribution in [3.63, 3.8) is 0 Å². The minimum absolute atomic E-state index is 0.00285. The van der Waals surface area contributed by atoms with Crippen molar-refractivity contribution in [1.29, 1.82) is 0 Å². The number of rotatable bonds is 5. The van der Waals surface area contributed by atoms with Crippen molar-refractivity contribution in [3.8, 4) is 17.0 Å². The van der Waals surface area contributed by atoms with Gasteiger partial charge in [-0.05, 0) is 44.0 Å². The first-order valence-electron chi connectivity index (χ1n) is 8.04. The summed E-state index contributed by atoms with van der Waals surface area (Å²) in [4.78, 5) is 12.3. The summed E-state index contributed by atoms with van der Waals surface area (Å²) in [6, 6.07) is 7.56. The molecule has 0 saturated heterocycles. The molecule has 1 aromatic carbocycles. The molecule has 1 heterocycles. The number of ether oxygens (including phenoxy) is 1. The van der Waals surface area contributed by atoms with Gasteiger partial charge in [-0.2, -0.15) is 0 Å². The molecule has 122 valence electrons. The average molecular weight is 314 g/mol. The van der Waals surface area contributed by atoms with E-state index in [0.717, 1.165) is 29.8 Å². The van der Waals surface area contributed by atoms with Crippen LogP contribution in [0.4, 0.5) is 0 Å². The molecule has 1 amide bonds. The molecule has 0 aliphatic heterocycles. The summed E-state index contributed by atoms with van der Waals surface area (Å²) in [5, 5.41) is 11.4. The number of hydrogen-bond acceptors (Lipinski definition) is 4. The minimum atomic E-state index is -0.366. The van der Waals surface area contributed by atoms with Gasteiger partial charge in [0.2, 0.25) is 5.91 Å². The number of aromatic nitrogens is 3. The fourth-order valence-corrected chi connectivity index (χ4v) is 2.87. The van der Waals surface area contributed by atoms with Crippen LogP contribution in [0.5, 0.6) is 5.75 Å². The van der Waals surface area contributed by atoms with Crippen molar-refractivity contribution in [2.24, 2.45) is 0 Å². The summed E-state index contributed by atoms with van der Waals surface area (Å²) in [6.45, 7) is 1.84. The highest BCUT2D eigenvalue weighted by Gasteiger charge is 2.22. The highest BCUT2D eigenvalue weighted by atomic mass is 16.5. The van der Waals surface area contributed by atoms with Crippen molar-refractivity contribution in [2.75, 3.05) is 7.11 Å². The summed E-state index contributed by atoms with van der Waals surface area (Å²) in [6.07, 6.45) is 6.36. The summed E-state index contributed by atoms with van der Waals surface area (Å²) in [5.41, 5.74) is 1.69. The van der Waals surface area contributed by atoms with E-state index < -0.39 is 0 Å². The van der Waals surface area contributed by atoms with E-state index in [1.54, 1.807) is 18.0 Å². The lowest BCUT2D eigenvalue weighted by molar-refractivity contribution is -0.124. The zero-order chi connectivity index (χ0) is 16.2. The van der Waals surface area contributed by atoms with E-state index in [-0.39, 0.29) is 11.9 Å². The lowest BCUT2D eigenvalue weighted by Gasteiger charge is -2.16. The van der Waals surface area contributed by atoms with Crippen LogP contribution in [0.15, 0.2) is 30.5 Å². The van der Waals surface area contributed by atoms with Crippen LogP contribution in [0, 0.1) is 0 Å². The lowest BCUT2D eigenvalue weighted by Crippen LogP contribution is -2.37. The molecule has 6 heteroatoms. The number of hydrogen-bond donors (Lipinski definition) is 1. The molecule has 1 aromatic heterocycles. The third-order valence-electron chi connectivity index (χ3n) is 4.37. The SMILES string of the molecule is COc1ccc(-c2cn(C(C)C(=O)NC3CCCC3)nn2)cc1. The number of carbonyl (C=O) groups is 1. The number of benzene rings is 1. The normalized spacial score (nSPS) is 16.3. The Morgan fingerprint density at radius 2 is 2.00 bits per heavy atom. The topological polar surface area (TPSA) is 69.0 Å². The summed E-state index contributed by atoms with van der Waals surface area (Å²) < 4.78 is 6.76. The van der Waals surface area contributed by atoms with Gasteiger partial charge in [-0.1, -0.05) is 18.1 Å². The molecule has 0 spiro atoms. The van der Waals surface area contributed by atoms with E-state index in [9.17, 15) is 4.79 Å². The highest BCUT2D eigenvalue weighted by Crippen LogP contribution is 2.22. The largest absolute Gasteiger partial charge is 0.497 e. The monoisotopic (exact) mass is 314 g/mol. The fraction of sp³-hybridized carbons (Fsp3) is 0.471. The van der Waals surface area contributed by atoms with Crippen LogP contribution in [0.2, 0.25) is 0 Å². The molecule has 1 aliphatic rings. The van der Waals surface area contributed by atoms with Gasteiger partial charge < -0.3 is 10.1 Å². The van der Waals surface area contributed by atoms with Gasteiger partial charge in [-0.25, -0.2) is 4.68 Å². The van der Waals surface area contributed by atoms with Crippen LogP contribution in [0.1, 0.15) is 38.6 Å². The summed E-state index contributed by atoms with van der Waals surface area (Å²) in [5.74, 6) is 0.800. The lowest BCUT2D eigenvalue weighted by atomic mass is 10.1. The molecule has 1 N–H and O–H groups in total. The molecule has 6 nitrogen and oxygen atoms in total. The minimum Gasteiger partial charge on any atom is -0.497 e. The highest BCUT2D eigenvalue weighted by molar-refractivity contribution is 5.80. The third kappa shape index (κ3) is 3.52. The molecule has 2 aromatic rings. The first-order chi connectivity index (χ1) is 11.2. The standard InChI is InChI=1S/C17H22N4O2/c1-12(17(22)18-14-5-3-4-6-14)21-11-16(19-20-21)13-7-9-15(23-2)10-8-13/h7-12,14H,3-6H2,1-2H3,(H,18,22). The maximum atomic E-state index is 12.3. The van der Waals surface area contributed by atoms with Gasteiger partial charge >= 0.3 is 0 Å². The quantitative estimate of drug-likeness (QED) is 0.921. The van der Waals surface area contributed by atoms with E-state index >= 15 is 0 Å². The Hall–Kier alpha value is -2.37. The zero-order valence-corrected chi connectivity index (χ0v) is 13.5. The number of nitrogens with zero attached hydrogens (tertiary/aromatic N) is 3. The van der Waals surface area contributed by atoms with Crippen molar-refractivity contribution >= 4 is 5.91 Å². The second-order valence-corrected chi connectivity index (χ2v) is 5.98. The Kier molecular flexibility index (Phi) is 4.60. The Bertz CT molecular complexity index is 659. The maximum Gasteiger partial charge on any atom is 0.244 e. The molecule has 0 radical (unpaired) electrons. The van der Waals surface area contributed by atoms with E-state index in [0.29, 0.717) is 6.04 Å². The van der Waals surface area contributed by atoms with Crippen molar-refractivity contribution in [2.45, 2.75) is 44.7 Å². The van der Waals surface area contributed by atoms with E-state index in [1.165, 1.54) is 12.8 Å². The molecule has 0 bridgehead atoms. The number of amides is 1. The molecule has 1 atom stereocenters. The summed E-state index contributed by atoms with van der Waals surface area (Å²) in [7, 11) is 1.63. The second-order valence-electron chi connectivity index (χ2n) is 5.98. The molecular weight excluding hydrogens is 292 g/mol. The Morgan fingerprint density at radius 1 is 1.30 bits per heavy atom. The smallest absolute Gasteiger partial charge is 0.244 e. The average Bonchev–Trinajstić information content (AvgIpc) is 3.26. The molecular formula is C17H22N4O2. The van der Waals surface area contributed by atoms with Gasteiger partial charge in [-0.15, -0.1) is 5.10 Å². The predicted molar refractivity (Wildman–Crippen MR) is 87.1 cm³/mol. The van der Waals surface area contributed by atoms with E-state index in [1.807, 2.05) is 31.2 Å². The van der Waals surface area contributed by atoms with Crippen LogP contribution in [-0.2, 0) is 4.79 Å². The maximum absolute atomic E-state index is 12.3. The van der Waals surface area contributed by atoms with Crippen LogP contribution in [-0.4, -0.2) is 34.1 Å². The van der Waals surface area contributed by atoms with Crippen LogP contribution < -0.4 is 10.1 Å². The van der Waals surface area contributed by atoms with Crippen LogP contribution in [0.25, 0.3) is 11.3 Å². The van der Waals surface area contributed by atoms with E-state index in [4.69, 9.17) is 4.74 Å². The van der Waals surface area contributed by atoms with Crippen LogP contribution >= 0.6 is 0 Å². The van der Waals surface area contributed by atoms with Gasteiger partial charge in [0.1, 0.15) is 17.5 Å². The predicted octanol–water partition coefficient (Wildman–Crippen LogP) is 2.57. The van der Waals surface area contributed by atoms with E-state index in [2.05, 4.69) is 15.6 Å². The second kappa shape index (κ2) is 6.81. The van der Waals surface area contributed by atoms with Gasteiger partial charge in [0, 0.05) is 11.6 Å². The first-order valence-corrected chi connectivity index (χ1v) is 8.04. The number of nitrogens with one attached hydrogen (secondary N) is 1. The third-order valence-corrected chi connectivity index (χ3v) is 4.37. The van der Waals surface area contributed by atoms with Gasteiger partial charge in [-0.3, -0.25) is 4.79 Å². The van der Waals surface area contributed by atoms with Crippen LogP contribution in [0.3, 0.4) is 0 Å². The molecule has 1 fully saturated rings. The molecule has 3 rings (SSSR count). The molecule has 23 heavy (non-hydrogen) atoms. The van der Waals surface area contributed by atoms with Gasteiger partial charge in [0.15, 0.2) is 0 Å². The molecule has 1 aliphatic carbocycles. The fourth-order valence-electron chi connectivity index (χ4n) is 2.87.